The third-order valence-corrected chi connectivity index (χ3v) is 5.41. The van der Waals surface area contributed by atoms with Crippen molar-refractivity contribution in [3.05, 3.63) is 77.0 Å². The molecule has 8 heteroatoms. The first-order valence-corrected chi connectivity index (χ1v) is 9.86. The number of aromatic nitrogens is 3. The third-order valence-electron chi connectivity index (χ3n) is 5.41. The van der Waals surface area contributed by atoms with Crippen LogP contribution in [-0.4, -0.2) is 26.6 Å². The van der Waals surface area contributed by atoms with E-state index in [0.29, 0.717) is 22.6 Å². The summed E-state index contributed by atoms with van der Waals surface area (Å²) in [6.45, 7) is 3.76. The molecule has 31 heavy (non-hydrogen) atoms. The van der Waals surface area contributed by atoms with Gasteiger partial charge in [-0.3, -0.25) is 14.3 Å². The highest BCUT2D eigenvalue weighted by atomic mass is 19.1. The van der Waals surface area contributed by atoms with Crippen LogP contribution in [0.2, 0.25) is 0 Å². The molecule has 0 fully saturated rings. The van der Waals surface area contributed by atoms with Crippen LogP contribution in [-0.2, 0) is 16.6 Å². The second-order valence-corrected chi connectivity index (χ2v) is 7.57. The van der Waals surface area contributed by atoms with Crippen LogP contribution in [0.3, 0.4) is 0 Å². The molecule has 1 aromatic heterocycles. The Balaban J connectivity index is 1.62. The van der Waals surface area contributed by atoms with Crippen LogP contribution in [0.1, 0.15) is 29.3 Å². The van der Waals surface area contributed by atoms with Crippen molar-refractivity contribution >= 4 is 17.5 Å². The van der Waals surface area contributed by atoms with E-state index in [1.165, 1.54) is 18.3 Å². The summed E-state index contributed by atoms with van der Waals surface area (Å²) in [5.74, 6) is -0.00151. The Kier molecular flexibility index (Phi) is 5.37. The number of rotatable bonds is 4. The van der Waals surface area contributed by atoms with E-state index < -0.39 is 5.92 Å². The first kappa shape index (κ1) is 20.5. The van der Waals surface area contributed by atoms with Gasteiger partial charge in [-0.05, 0) is 43.2 Å². The lowest BCUT2D eigenvalue weighted by atomic mass is 9.86. The fourth-order valence-electron chi connectivity index (χ4n) is 3.50. The predicted molar refractivity (Wildman–Crippen MR) is 115 cm³/mol. The fraction of sp³-hybridized carbons (Fsp3) is 0.217. The van der Waals surface area contributed by atoms with Crippen molar-refractivity contribution in [2.24, 2.45) is 7.05 Å². The van der Waals surface area contributed by atoms with E-state index in [9.17, 15) is 14.0 Å². The molecule has 2 N–H and O–H groups in total. The molecule has 0 bridgehead atoms. The molecule has 4 rings (SSSR count). The predicted octanol–water partition coefficient (Wildman–Crippen LogP) is 3.36. The lowest BCUT2D eigenvalue weighted by Gasteiger charge is -2.24. The highest BCUT2D eigenvalue weighted by Gasteiger charge is 2.29. The van der Waals surface area contributed by atoms with Gasteiger partial charge in [0.05, 0.1) is 0 Å². The Morgan fingerprint density at radius 2 is 1.94 bits per heavy atom. The minimum atomic E-state index is -0.460. The largest absolute Gasteiger partial charge is 0.332 e. The summed E-state index contributed by atoms with van der Waals surface area (Å²) >= 11 is 0. The molecule has 0 saturated heterocycles. The molecule has 2 amide bonds. The van der Waals surface area contributed by atoms with Crippen molar-refractivity contribution in [2.45, 2.75) is 26.2 Å². The fourth-order valence-corrected chi connectivity index (χ4v) is 3.50. The summed E-state index contributed by atoms with van der Waals surface area (Å²) in [6.07, 6.45) is 1.54. The Morgan fingerprint density at radius 1 is 1.19 bits per heavy atom. The number of carbonyl (C=O) groups excluding carboxylic acids is 2. The highest BCUT2D eigenvalue weighted by Crippen LogP contribution is 2.32. The lowest BCUT2D eigenvalue weighted by molar-refractivity contribution is -0.121. The summed E-state index contributed by atoms with van der Waals surface area (Å²) < 4.78 is 15.0. The molecule has 0 spiro atoms. The summed E-state index contributed by atoms with van der Waals surface area (Å²) in [7, 11) is 1.82. The Morgan fingerprint density at radius 3 is 2.61 bits per heavy atom. The average molecular weight is 419 g/mol. The number of aryl methyl sites for hydroxylation is 3. The molecular formula is C23H22FN5O2. The number of nitrogens with zero attached hydrogens (tertiary/aromatic N) is 3. The SMILES string of the molecule is Cc1ccc(-c2nc(C)n(C)n2)cc1NC(=O)C1=CNC(=O)C[C@H]1c1ccc(F)cc1. The zero-order chi connectivity index (χ0) is 22.1. The van der Waals surface area contributed by atoms with Crippen molar-refractivity contribution < 1.29 is 14.0 Å². The van der Waals surface area contributed by atoms with E-state index in [0.717, 1.165) is 17.0 Å². The van der Waals surface area contributed by atoms with Gasteiger partial charge in [-0.25, -0.2) is 9.37 Å². The molecule has 0 radical (unpaired) electrons. The van der Waals surface area contributed by atoms with Crippen molar-refractivity contribution in [2.75, 3.05) is 5.32 Å². The van der Waals surface area contributed by atoms with Crippen molar-refractivity contribution in [1.82, 2.24) is 20.1 Å². The zero-order valence-electron chi connectivity index (χ0n) is 17.4. The van der Waals surface area contributed by atoms with E-state index in [4.69, 9.17) is 0 Å². The summed E-state index contributed by atoms with van der Waals surface area (Å²) in [5, 5.41) is 9.95. The Labute approximate surface area is 179 Å². The first-order chi connectivity index (χ1) is 14.8. The van der Waals surface area contributed by atoms with Gasteiger partial charge in [-0.2, -0.15) is 5.10 Å². The number of anilines is 1. The van der Waals surface area contributed by atoms with E-state index in [-0.39, 0.29) is 24.1 Å². The smallest absolute Gasteiger partial charge is 0.253 e. The average Bonchev–Trinajstić information content (AvgIpc) is 3.08. The quantitative estimate of drug-likeness (QED) is 0.679. The molecule has 1 aliphatic heterocycles. The van der Waals surface area contributed by atoms with Crippen LogP contribution in [0, 0.1) is 19.7 Å². The van der Waals surface area contributed by atoms with Gasteiger partial charge in [0, 0.05) is 42.4 Å². The highest BCUT2D eigenvalue weighted by molar-refractivity contribution is 6.07. The lowest BCUT2D eigenvalue weighted by Crippen LogP contribution is -2.32. The van der Waals surface area contributed by atoms with Gasteiger partial charge in [0.15, 0.2) is 5.82 Å². The Bertz CT molecular complexity index is 1180. The van der Waals surface area contributed by atoms with Gasteiger partial charge in [-0.1, -0.05) is 24.3 Å². The van der Waals surface area contributed by atoms with Crippen LogP contribution in [0.4, 0.5) is 10.1 Å². The van der Waals surface area contributed by atoms with Gasteiger partial charge >= 0.3 is 0 Å². The van der Waals surface area contributed by atoms with Crippen LogP contribution in [0.5, 0.6) is 0 Å². The molecule has 2 aromatic carbocycles. The van der Waals surface area contributed by atoms with Gasteiger partial charge < -0.3 is 10.6 Å². The molecule has 1 aliphatic rings. The molecule has 0 aliphatic carbocycles. The second-order valence-electron chi connectivity index (χ2n) is 7.57. The molecule has 2 heterocycles. The van der Waals surface area contributed by atoms with Crippen molar-refractivity contribution in [3.8, 4) is 11.4 Å². The maximum Gasteiger partial charge on any atom is 0.253 e. The van der Waals surface area contributed by atoms with Gasteiger partial charge in [0.1, 0.15) is 11.6 Å². The van der Waals surface area contributed by atoms with Crippen LogP contribution in [0.15, 0.2) is 54.2 Å². The zero-order valence-corrected chi connectivity index (χ0v) is 17.4. The number of hydrogen-bond donors (Lipinski definition) is 2. The molecule has 0 unspecified atom stereocenters. The van der Waals surface area contributed by atoms with Crippen molar-refractivity contribution in [3.63, 3.8) is 0 Å². The van der Waals surface area contributed by atoms with Gasteiger partial charge in [-0.15, -0.1) is 0 Å². The topological polar surface area (TPSA) is 88.9 Å². The minimum absolute atomic E-state index is 0.112. The molecule has 1 atom stereocenters. The van der Waals surface area contributed by atoms with Gasteiger partial charge in [0.25, 0.3) is 5.91 Å². The van der Waals surface area contributed by atoms with E-state index in [1.807, 2.05) is 39.1 Å². The number of carbonyl (C=O) groups is 2. The first-order valence-electron chi connectivity index (χ1n) is 9.86. The molecule has 7 nitrogen and oxygen atoms in total. The van der Waals surface area contributed by atoms with E-state index >= 15 is 0 Å². The maximum atomic E-state index is 13.3. The van der Waals surface area contributed by atoms with E-state index in [2.05, 4.69) is 20.7 Å². The van der Waals surface area contributed by atoms with E-state index in [1.54, 1.807) is 16.8 Å². The number of hydrogen-bond acceptors (Lipinski definition) is 4. The molecular weight excluding hydrogens is 397 g/mol. The molecule has 158 valence electrons. The van der Waals surface area contributed by atoms with Crippen molar-refractivity contribution in [1.29, 1.82) is 0 Å². The second kappa shape index (κ2) is 8.14. The minimum Gasteiger partial charge on any atom is -0.332 e. The molecule has 0 saturated carbocycles. The molecule has 3 aromatic rings. The Hall–Kier alpha value is -3.81. The monoisotopic (exact) mass is 419 g/mol. The maximum absolute atomic E-state index is 13.3. The van der Waals surface area contributed by atoms with Crippen LogP contribution in [0.25, 0.3) is 11.4 Å². The number of nitrogens with one attached hydrogen (secondary N) is 2. The summed E-state index contributed by atoms with van der Waals surface area (Å²) in [6, 6.07) is 11.5. The standard InChI is InChI=1S/C23H22FN5O2/c1-13-4-5-16(22-26-14(2)29(3)28-22)10-20(13)27-23(31)19-12-25-21(30)11-18(19)15-6-8-17(24)9-7-15/h4-10,12,18H,11H2,1-3H3,(H,25,30)(H,27,31)/t18-/m0/s1. The van der Waals surface area contributed by atoms with Crippen LogP contribution < -0.4 is 10.6 Å². The third kappa shape index (κ3) is 4.23. The number of halogens is 1. The summed E-state index contributed by atoms with van der Waals surface area (Å²) in [4.78, 5) is 29.5. The summed E-state index contributed by atoms with van der Waals surface area (Å²) in [5.41, 5.74) is 3.40. The van der Waals surface area contributed by atoms with Crippen LogP contribution >= 0.6 is 0 Å². The normalized spacial score (nSPS) is 15.9. The van der Waals surface area contributed by atoms with Gasteiger partial charge in [0.2, 0.25) is 5.91 Å². The number of benzene rings is 2. The number of amides is 2.